The van der Waals surface area contributed by atoms with Gasteiger partial charge in [-0.2, -0.15) is 0 Å². The highest BCUT2D eigenvalue weighted by Gasteiger charge is 2.36. The van der Waals surface area contributed by atoms with Gasteiger partial charge in [0.1, 0.15) is 10.7 Å². The van der Waals surface area contributed by atoms with Crippen LogP contribution >= 0.6 is 11.6 Å². The summed E-state index contributed by atoms with van der Waals surface area (Å²) in [6.07, 6.45) is 1.20. The highest BCUT2D eigenvalue weighted by molar-refractivity contribution is 7.93. The number of rotatable bonds is 5. The predicted octanol–water partition coefficient (Wildman–Crippen LogP) is 2.81. The van der Waals surface area contributed by atoms with Crippen LogP contribution < -0.4 is 4.31 Å². The summed E-state index contributed by atoms with van der Waals surface area (Å²) in [5.41, 5.74) is 0.744. The van der Waals surface area contributed by atoms with E-state index in [1.807, 2.05) is 17.8 Å². The minimum atomic E-state index is -3.88. The maximum Gasteiger partial charge on any atom is 0.376 e. The zero-order valence-corrected chi connectivity index (χ0v) is 17.0. The molecule has 2 heterocycles. The van der Waals surface area contributed by atoms with Crippen LogP contribution in [0.1, 0.15) is 18.5 Å². The number of nitrogens with zero attached hydrogens (tertiary/aromatic N) is 3. The van der Waals surface area contributed by atoms with Gasteiger partial charge in [-0.1, -0.05) is 29.8 Å². The fourth-order valence-corrected chi connectivity index (χ4v) is 5.57. The van der Waals surface area contributed by atoms with E-state index in [0.717, 1.165) is 5.69 Å². The second-order valence-corrected chi connectivity index (χ2v) is 8.96. The van der Waals surface area contributed by atoms with E-state index >= 15 is 0 Å². The Morgan fingerprint density at radius 2 is 1.85 bits per heavy atom. The van der Waals surface area contributed by atoms with Crippen molar-refractivity contribution in [2.45, 2.75) is 37.5 Å². The third kappa shape index (κ3) is 4.29. The van der Waals surface area contributed by atoms with E-state index in [1.54, 1.807) is 37.2 Å². The van der Waals surface area contributed by atoms with E-state index in [4.69, 9.17) is 11.6 Å². The van der Waals surface area contributed by atoms with Crippen molar-refractivity contribution >= 4 is 34.5 Å². The average Bonchev–Trinajstić information content (AvgIpc) is 2.62. The largest absolute Gasteiger partial charge is 0.437 e. The second-order valence-electron chi connectivity index (χ2n) is 6.77. The maximum absolute atomic E-state index is 13.5. The number of hydrogen-bond donors (Lipinski definition) is 1. The quantitative estimate of drug-likeness (QED) is 0.772. The van der Waals surface area contributed by atoms with Crippen molar-refractivity contribution in [2.75, 3.05) is 17.4 Å². The molecule has 0 amide bonds. The molecule has 0 aliphatic carbocycles. The summed E-state index contributed by atoms with van der Waals surface area (Å²) in [4.78, 5) is 6.47. The molecule has 0 spiro atoms. The molecule has 0 saturated carbocycles. The molecule has 1 aliphatic heterocycles. The summed E-state index contributed by atoms with van der Waals surface area (Å²) in [6.45, 7) is 4.78. The Morgan fingerprint density at radius 3 is 2.44 bits per heavy atom. The van der Waals surface area contributed by atoms with Gasteiger partial charge < -0.3 is 9.83 Å². The molecule has 1 aliphatic rings. The number of halogens is 1. The van der Waals surface area contributed by atoms with Gasteiger partial charge in [-0.3, -0.25) is 0 Å². The van der Waals surface area contributed by atoms with Crippen molar-refractivity contribution in [3.63, 3.8) is 0 Å². The smallest absolute Gasteiger partial charge is 0.376 e. The molecular weight excluding hydrogens is 385 g/mol. The molecule has 144 valence electrons. The Kier molecular flexibility index (Phi) is 6.10. The van der Waals surface area contributed by atoms with Crippen LogP contribution in [0.2, 0.25) is 11.8 Å². The number of aryl methyl sites for hydroxylation is 1. The van der Waals surface area contributed by atoms with E-state index in [2.05, 4.69) is 4.98 Å². The highest BCUT2D eigenvalue weighted by Crippen LogP contribution is 2.32. The lowest BCUT2D eigenvalue weighted by molar-refractivity contribution is 0.290. The van der Waals surface area contributed by atoms with Gasteiger partial charge in [-0.25, -0.2) is 17.7 Å². The third-order valence-electron chi connectivity index (χ3n) is 4.83. The summed E-state index contributed by atoms with van der Waals surface area (Å²) >= 11 is 6.21. The second kappa shape index (κ2) is 8.18. The molecule has 27 heavy (non-hydrogen) atoms. The fraction of sp³-hybridized carbons (Fsp3) is 0.389. The molecule has 0 unspecified atom stereocenters. The maximum atomic E-state index is 13.5. The Bertz CT molecular complexity index is 902. The number of hydrogen-bond acceptors (Lipinski definition) is 5. The number of sulfonamides is 1. The Labute approximate surface area is 166 Å². The molecule has 2 aromatic rings. The van der Waals surface area contributed by atoms with Gasteiger partial charge in [0.2, 0.25) is 0 Å². The van der Waals surface area contributed by atoms with Gasteiger partial charge >= 0.3 is 7.05 Å². The fourth-order valence-electron chi connectivity index (χ4n) is 3.41. The van der Waals surface area contributed by atoms with Crippen molar-refractivity contribution in [1.82, 2.24) is 9.79 Å². The predicted molar refractivity (Wildman–Crippen MR) is 109 cm³/mol. The van der Waals surface area contributed by atoms with Crippen LogP contribution in [0.5, 0.6) is 0 Å². The number of pyridine rings is 1. The SMILES string of the molecule is CB(O)N1CCC(N(c2cccc(C)n2)S(=O)(=O)c2ccccc2Cl)CC1. The van der Waals surface area contributed by atoms with E-state index < -0.39 is 17.1 Å². The van der Waals surface area contributed by atoms with Crippen molar-refractivity contribution in [2.24, 2.45) is 0 Å². The van der Waals surface area contributed by atoms with Crippen LogP contribution in [0.25, 0.3) is 0 Å². The first kappa shape index (κ1) is 20.1. The Hall–Kier alpha value is -1.61. The number of piperidine rings is 1. The first-order valence-corrected chi connectivity index (χ1v) is 10.8. The number of anilines is 1. The monoisotopic (exact) mass is 407 g/mol. The van der Waals surface area contributed by atoms with Gasteiger partial charge in [0.15, 0.2) is 0 Å². The highest BCUT2D eigenvalue weighted by atomic mass is 35.5. The van der Waals surface area contributed by atoms with Gasteiger partial charge in [0.05, 0.1) is 5.02 Å². The summed E-state index contributed by atoms with van der Waals surface area (Å²) in [5.74, 6) is 0.394. The van der Waals surface area contributed by atoms with Gasteiger partial charge in [0.25, 0.3) is 10.0 Å². The van der Waals surface area contributed by atoms with E-state index in [0.29, 0.717) is 31.7 Å². The van der Waals surface area contributed by atoms with Crippen molar-refractivity contribution in [3.05, 3.63) is 53.2 Å². The van der Waals surface area contributed by atoms with Crippen LogP contribution in [0.3, 0.4) is 0 Å². The zero-order chi connectivity index (χ0) is 19.6. The number of benzene rings is 1. The molecule has 6 nitrogen and oxygen atoms in total. The third-order valence-corrected chi connectivity index (χ3v) is 7.19. The molecule has 0 atom stereocenters. The minimum absolute atomic E-state index is 0.0768. The first-order chi connectivity index (χ1) is 12.8. The topological polar surface area (TPSA) is 73.7 Å². The Balaban J connectivity index is 2.03. The Morgan fingerprint density at radius 1 is 1.19 bits per heavy atom. The van der Waals surface area contributed by atoms with Crippen LogP contribution in [-0.2, 0) is 10.0 Å². The lowest BCUT2D eigenvalue weighted by Gasteiger charge is -2.38. The van der Waals surface area contributed by atoms with Gasteiger partial charge in [0, 0.05) is 11.7 Å². The van der Waals surface area contributed by atoms with Crippen LogP contribution in [0, 0.1) is 6.92 Å². The van der Waals surface area contributed by atoms with E-state index in [1.165, 1.54) is 10.4 Å². The average molecular weight is 408 g/mol. The van der Waals surface area contributed by atoms with Crippen LogP contribution in [0.15, 0.2) is 47.4 Å². The summed E-state index contributed by atoms with van der Waals surface area (Å²) in [7, 11) is -4.43. The van der Waals surface area contributed by atoms with E-state index in [-0.39, 0.29) is 16.0 Å². The van der Waals surface area contributed by atoms with Crippen molar-refractivity contribution in [1.29, 1.82) is 0 Å². The lowest BCUT2D eigenvalue weighted by atomic mass is 9.82. The first-order valence-electron chi connectivity index (χ1n) is 8.95. The zero-order valence-electron chi connectivity index (χ0n) is 15.4. The molecule has 0 bridgehead atoms. The van der Waals surface area contributed by atoms with Gasteiger partial charge in [-0.15, -0.1) is 0 Å². The molecule has 1 saturated heterocycles. The van der Waals surface area contributed by atoms with Gasteiger partial charge in [-0.05, 0) is 63.9 Å². The molecular formula is C18H23BClN3O3S. The molecule has 1 aromatic heterocycles. The summed E-state index contributed by atoms with van der Waals surface area (Å²) in [6, 6.07) is 11.6. The van der Waals surface area contributed by atoms with E-state index in [9.17, 15) is 13.4 Å². The van der Waals surface area contributed by atoms with Crippen molar-refractivity contribution < 1.29 is 13.4 Å². The standard InChI is InChI=1S/C18H23BClN3O3S/c1-14-6-5-9-18(21-14)23(15-10-12-22(13-11-15)19(2)24)27(25,26)17-8-4-3-7-16(17)20/h3-9,15,24H,10-13H2,1-2H3. The number of aromatic nitrogens is 1. The normalized spacial score (nSPS) is 16.3. The van der Waals surface area contributed by atoms with Crippen molar-refractivity contribution in [3.8, 4) is 0 Å². The van der Waals surface area contributed by atoms with Crippen LogP contribution in [0.4, 0.5) is 5.82 Å². The molecule has 1 aromatic carbocycles. The summed E-state index contributed by atoms with van der Waals surface area (Å²) in [5, 5.41) is 9.99. The molecule has 9 heteroatoms. The summed E-state index contributed by atoms with van der Waals surface area (Å²) < 4.78 is 28.4. The molecule has 3 rings (SSSR count). The van der Waals surface area contributed by atoms with Crippen LogP contribution in [-0.4, -0.2) is 49.4 Å². The molecule has 1 N–H and O–H groups in total. The lowest BCUT2D eigenvalue weighted by Crippen LogP contribution is -2.51. The molecule has 1 fully saturated rings. The minimum Gasteiger partial charge on any atom is -0.437 e. The molecule has 0 radical (unpaired) electrons.